The maximum atomic E-state index is 12.1. The van der Waals surface area contributed by atoms with Crippen molar-refractivity contribution < 1.29 is 9.53 Å². The third-order valence-electron chi connectivity index (χ3n) is 4.00. The number of halogens is 1. The first-order valence-electron chi connectivity index (χ1n) is 9.07. The summed E-state index contributed by atoms with van der Waals surface area (Å²) in [6.45, 7) is 5.82. The zero-order valence-corrected chi connectivity index (χ0v) is 19.0. The zero-order chi connectivity index (χ0) is 19.2. The van der Waals surface area contributed by atoms with Crippen LogP contribution in [0.1, 0.15) is 36.0 Å². The number of ether oxygens (including phenoxy) is 1. The summed E-state index contributed by atoms with van der Waals surface area (Å²) >= 11 is 0. The Hall–Kier alpha value is -1.77. The number of aliphatic imine (C=N–C) groups is 1. The van der Waals surface area contributed by atoms with Gasteiger partial charge in [0.05, 0.1) is 7.11 Å². The van der Waals surface area contributed by atoms with Gasteiger partial charge in [-0.2, -0.15) is 0 Å². The van der Waals surface area contributed by atoms with Gasteiger partial charge in [0.15, 0.2) is 5.96 Å². The van der Waals surface area contributed by atoms with Gasteiger partial charge < -0.3 is 20.3 Å². The Kier molecular flexibility index (Phi) is 14.3. The van der Waals surface area contributed by atoms with E-state index in [4.69, 9.17) is 4.74 Å². The molecule has 1 rings (SSSR count). The largest absolute Gasteiger partial charge is 0.497 e. The predicted octanol–water partition coefficient (Wildman–Crippen LogP) is 3.30. The molecule has 0 aliphatic rings. The molecular formula is C20H33IN4O2. The number of nitrogens with zero attached hydrogens (tertiary/aromatic N) is 2. The molecule has 0 aliphatic carbocycles. The van der Waals surface area contributed by atoms with Crippen molar-refractivity contribution >= 4 is 35.8 Å². The van der Waals surface area contributed by atoms with Crippen LogP contribution in [0.3, 0.4) is 0 Å². The number of hydrogen-bond donors (Lipinski definition) is 2. The summed E-state index contributed by atoms with van der Waals surface area (Å²) in [5, 5.41) is 6.17. The molecule has 0 aromatic heterocycles. The number of amides is 1. The average molecular weight is 488 g/mol. The number of methoxy groups -OCH3 is 1. The summed E-state index contributed by atoms with van der Waals surface area (Å²) < 4.78 is 5.14. The van der Waals surface area contributed by atoms with Gasteiger partial charge in [-0.3, -0.25) is 9.79 Å². The fourth-order valence-electron chi connectivity index (χ4n) is 2.52. The fourth-order valence-corrected chi connectivity index (χ4v) is 2.52. The van der Waals surface area contributed by atoms with Gasteiger partial charge in [0.25, 0.3) is 5.91 Å². The van der Waals surface area contributed by atoms with E-state index in [0.29, 0.717) is 24.4 Å². The van der Waals surface area contributed by atoms with Gasteiger partial charge >= 0.3 is 0 Å². The number of carbonyl (C=O) groups is 1. The normalized spacial score (nSPS) is 10.6. The number of unbranched alkanes of at least 4 members (excludes halogenated alkanes) is 3. The van der Waals surface area contributed by atoms with E-state index in [0.717, 1.165) is 25.3 Å². The maximum absolute atomic E-state index is 12.1. The Bertz CT molecular complexity index is 593. The summed E-state index contributed by atoms with van der Waals surface area (Å²) in [5.41, 5.74) is 0.588. The van der Waals surface area contributed by atoms with E-state index >= 15 is 0 Å². The van der Waals surface area contributed by atoms with Crippen LogP contribution in [-0.4, -0.2) is 57.6 Å². The fraction of sp³-hybridized carbons (Fsp3) is 0.500. The molecule has 0 unspecified atom stereocenters. The van der Waals surface area contributed by atoms with Gasteiger partial charge in [-0.25, -0.2) is 0 Å². The standard InChI is InChI=1S/C20H32N4O2.HI/c1-5-6-7-8-9-15-24(3)20(21-2)23-14-13-22-19(25)17-11-10-12-18(16-17)26-4;/h5,10-12,16H,1,6-9,13-15H2,2-4H3,(H,21,23)(H,22,25);1H. The monoisotopic (exact) mass is 488 g/mol. The highest BCUT2D eigenvalue weighted by Crippen LogP contribution is 2.12. The van der Waals surface area contributed by atoms with Crippen molar-refractivity contribution in [2.75, 3.05) is 40.8 Å². The van der Waals surface area contributed by atoms with E-state index in [-0.39, 0.29) is 29.9 Å². The molecular weight excluding hydrogens is 455 g/mol. The van der Waals surface area contributed by atoms with E-state index in [1.807, 2.05) is 19.2 Å². The zero-order valence-electron chi connectivity index (χ0n) is 16.7. The molecule has 1 aromatic rings. The van der Waals surface area contributed by atoms with Gasteiger partial charge in [-0.05, 0) is 37.5 Å². The molecule has 1 aromatic carbocycles. The Balaban J connectivity index is 0.00000676. The van der Waals surface area contributed by atoms with E-state index < -0.39 is 0 Å². The molecule has 0 radical (unpaired) electrons. The summed E-state index contributed by atoms with van der Waals surface area (Å²) in [5.74, 6) is 1.39. The van der Waals surface area contributed by atoms with Crippen molar-refractivity contribution in [3.05, 3.63) is 42.5 Å². The average Bonchev–Trinajstić information content (AvgIpc) is 2.67. The van der Waals surface area contributed by atoms with Gasteiger partial charge in [0.2, 0.25) is 0 Å². The number of nitrogens with one attached hydrogen (secondary N) is 2. The first-order valence-corrected chi connectivity index (χ1v) is 9.07. The lowest BCUT2D eigenvalue weighted by molar-refractivity contribution is 0.0954. The number of benzene rings is 1. The van der Waals surface area contributed by atoms with Crippen molar-refractivity contribution in [3.8, 4) is 5.75 Å². The second-order valence-corrected chi connectivity index (χ2v) is 6.02. The van der Waals surface area contributed by atoms with Crippen molar-refractivity contribution in [3.63, 3.8) is 0 Å². The topological polar surface area (TPSA) is 66.0 Å². The number of allylic oxidation sites excluding steroid dienone is 1. The molecule has 2 N–H and O–H groups in total. The van der Waals surface area contributed by atoms with Gasteiger partial charge in [0.1, 0.15) is 5.75 Å². The molecule has 0 atom stereocenters. The quantitative estimate of drug-likeness (QED) is 0.165. The van der Waals surface area contributed by atoms with Crippen LogP contribution in [0.5, 0.6) is 5.75 Å². The highest BCUT2D eigenvalue weighted by molar-refractivity contribution is 14.0. The number of carbonyl (C=O) groups excluding carboxylic acids is 1. The van der Waals surface area contributed by atoms with Crippen LogP contribution in [0.25, 0.3) is 0 Å². The minimum atomic E-state index is -0.115. The lowest BCUT2D eigenvalue weighted by Crippen LogP contribution is -2.42. The molecule has 0 spiro atoms. The summed E-state index contributed by atoms with van der Waals surface area (Å²) in [4.78, 5) is 18.5. The Morgan fingerprint density at radius 1 is 1.26 bits per heavy atom. The smallest absolute Gasteiger partial charge is 0.251 e. The van der Waals surface area contributed by atoms with E-state index in [2.05, 4.69) is 27.1 Å². The van der Waals surface area contributed by atoms with E-state index in [1.165, 1.54) is 12.8 Å². The number of hydrogen-bond acceptors (Lipinski definition) is 3. The SMILES string of the molecule is C=CCCCCCN(C)C(=NC)NCCNC(=O)c1cccc(OC)c1.I. The number of rotatable bonds is 11. The molecule has 0 saturated carbocycles. The highest BCUT2D eigenvalue weighted by Gasteiger charge is 2.07. The van der Waals surface area contributed by atoms with Gasteiger partial charge in [-0.1, -0.05) is 18.6 Å². The second kappa shape index (κ2) is 15.3. The molecule has 1 amide bonds. The molecule has 0 bridgehead atoms. The van der Waals surface area contributed by atoms with Crippen LogP contribution in [0, 0.1) is 0 Å². The maximum Gasteiger partial charge on any atom is 0.251 e. The minimum Gasteiger partial charge on any atom is -0.497 e. The van der Waals surface area contributed by atoms with Crippen LogP contribution in [0.4, 0.5) is 0 Å². The molecule has 7 heteroatoms. The molecule has 6 nitrogen and oxygen atoms in total. The van der Waals surface area contributed by atoms with Crippen molar-refractivity contribution in [2.45, 2.75) is 25.7 Å². The van der Waals surface area contributed by atoms with Crippen LogP contribution in [0.15, 0.2) is 41.9 Å². The number of guanidine groups is 1. The summed E-state index contributed by atoms with van der Waals surface area (Å²) in [6, 6.07) is 7.11. The Labute approximate surface area is 180 Å². The first-order chi connectivity index (χ1) is 12.6. The van der Waals surface area contributed by atoms with Crippen LogP contribution in [0.2, 0.25) is 0 Å². The Morgan fingerprint density at radius 2 is 2.00 bits per heavy atom. The van der Waals surface area contributed by atoms with Crippen molar-refractivity contribution in [1.82, 2.24) is 15.5 Å². The molecule has 152 valence electrons. The third-order valence-corrected chi connectivity index (χ3v) is 4.00. The van der Waals surface area contributed by atoms with Gasteiger partial charge in [-0.15, -0.1) is 30.6 Å². The highest BCUT2D eigenvalue weighted by atomic mass is 127. The summed E-state index contributed by atoms with van der Waals surface area (Å²) in [7, 11) is 5.38. The van der Waals surface area contributed by atoms with Crippen LogP contribution in [-0.2, 0) is 0 Å². The third kappa shape index (κ3) is 10.2. The molecule has 0 heterocycles. The van der Waals surface area contributed by atoms with Crippen molar-refractivity contribution in [2.24, 2.45) is 4.99 Å². The predicted molar refractivity (Wildman–Crippen MR) is 123 cm³/mol. The Morgan fingerprint density at radius 3 is 2.67 bits per heavy atom. The molecule has 0 saturated heterocycles. The van der Waals surface area contributed by atoms with Crippen LogP contribution >= 0.6 is 24.0 Å². The minimum absolute atomic E-state index is 0. The van der Waals surface area contributed by atoms with E-state index in [9.17, 15) is 4.79 Å². The lowest BCUT2D eigenvalue weighted by Gasteiger charge is -2.22. The second-order valence-electron chi connectivity index (χ2n) is 6.02. The summed E-state index contributed by atoms with van der Waals surface area (Å²) in [6.07, 6.45) is 6.52. The van der Waals surface area contributed by atoms with Gasteiger partial charge in [0, 0.05) is 39.3 Å². The molecule has 0 fully saturated rings. The molecule has 27 heavy (non-hydrogen) atoms. The van der Waals surface area contributed by atoms with Crippen LogP contribution < -0.4 is 15.4 Å². The lowest BCUT2D eigenvalue weighted by atomic mass is 10.2. The van der Waals surface area contributed by atoms with E-state index in [1.54, 1.807) is 32.4 Å². The first kappa shape index (κ1) is 25.2. The molecule has 0 aliphatic heterocycles. The van der Waals surface area contributed by atoms with Crippen molar-refractivity contribution in [1.29, 1.82) is 0 Å².